The Morgan fingerprint density at radius 1 is 0.861 bits per heavy atom. The van der Waals surface area contributed by atoms with Crippen LogP contribution < -0.4 is 29.6 Å². The number of fused-ring (bicyclic) bond motifs is 2. The lowest BCUT2D eigenvalue weighted by Gasteiger charge is -2.15. The van der Waals surface area contributed by atoms with Gasteiger partial charge in [-0.15, -0.1) is 0 Å². The molecule has 4 aromatic carbocycles. The smallest absolute Gasteiger partial charge is 0.259 e. The number of methoxy groups -OCH3 is 1. The molecule has 1 aliphatic rings. The van der Waals surface area contributed by atoms with Crippen molar-refractivity contribution in [2.24, 2.45) is 0 Å². The van der Waals surface area contributed by atoms with E-state index >= 15 is 0 Å². The molecule has 8 nitrogen and oxygen atoms in total. The molecule has 0 aliphatic carbocycles. The Morgan fingerprint density at radius 3 is 2.44 bits per heavy atom. The van der Waals surface area contributed by atoms with Crippen LogP contribution >= 0.6 is 0 Å². The van der Waals surface area contributed by atoms with Gasteiger partial charge in [-0.2, -0.15) is 0 Å². The van der Waals surface area contributed by atoms with Crippen molar-refractivity contribution in [3.05, 3.63) is 90.0 Å². The molecule has 0 unspecified atom stereocenters. The standard InChI is InChI=1S/C28H24N2O6/c1-33-23-9-5-4-8-22(23)30-28(32)21-13-19-6-2-3-7-20(19)14-25(21)34-16-27(31)29-15-18-10-11-24-26(12-18)36-17-35-24/h2-14H,15-17H2,1H3,(H,29,31)(H,30,32). The van der Waals surface area contributed by atoms with Gasteiger partial charge < -0.3 is 29.6 Å². The van der Waals surface area contributed by atoms with Gasteiger partial charge in [0.05, 0.1) is 18.4 Å². The van der Waals surface area contributed by atoms with Crippen LogP contribution in [0.25, 0.3) is 10.8 Å². The first-order chi connectivity index (χ1) is 17.6. The van der Waals surface area contributed by atoms with E-state index in [-0.39, 0.29) is 25.2 Å². The Labute approximate surface area is 207 Å². The first-order valence-corrected chi connectivity index (χ1v) is 11.4. The second kappa shape index (κ2) is 10.3. The maximum atomic E-state index is 13.2. The summed E-state index contributed by atoms with van der Waals surface area (Å²) in [6, 6.07) is 23.8. The molecule has 0 fully saturated rings. The zero-order chi connectivity index (χ0) is 24.9. The summed E-state index contributed by atoms with van der Waals surface area (Å²) in [6.07, 6.45) is 0. The van der Waals surface area contributed by atoms with Crippen LogP contribution in [0.2, 0.25) is 0 Å². The number of rotatable bonds is 8. The van der Waals surface area contributed by atoms with Crippen LogP contribution in [0, 0.1) is 0 Å². The van der Waals surface area contributed by atoms with Crippen molar-refractivity contribution in [2.45, 2.75) is 6.54 Å². The first kappa shape index (κ1) is 23.0. The highest BCUT2D eigenvalue weighted by Gasteiger charge is 2.18. The molecule has 2 N–H and O–H groups in total. The van der Waals surface area contributed by atoms with E-state index in [0.717, 1.165) is 16.3 Å². The fraction of sp³-hybridized carbons (Fsp3) is 0.143. The number of amides is 2. The van der Waals surface area contributed by atoms with Gasteiger partial charge in [-0.1, -0.05) is 42.5 Å². The molecule has 36 heavy (non-hydrogen) atoms. The molecule has 0 aromatic heterocycles. The third-order valence-corrected chi connectivity index (χ3v) is 5.73. The van der Waals surface area contributed by atoms with Gasteiger partial charge in [0.1, 0.15) is 11.5 Å². The molecule has 4 aromatic rings. The van der Waals surface area contributed by atoms with Crippen molar-refractivity contribution in [2.75, 3.05) is 25.8 Å². The second-order valence-electron chi connectivity index (χ2n) is 8.10. The summed E-state index contributed by atoms with van der Waals surface area (Å²) in [4.78, 5) is 25.8. The van der Waals surface area contributed by atoms with Gasteiger partial charge >= 0.3 is 0 Å². The van der Waals surface area contributed by atoms with Gasteiger partial charge in [0.2, 0.25) is 6.79 Å². The van der Waals surface area contributed by atoms with E-state index in [0.29, 0.717) is 40.8 Å². The Balaban J connectivity index is 1.30. The third kappa shape index (κ3) is 5.02. The predicted molar refractivity (Wildman–Crippen MR) is 135 cm³/mol. The van der Waals surface area contributed by atoms with E-state index < -0.39 is 0 Å². The molecule has 0 atom stereocenters. The minimum Gasteiger partial charge on any atom is -0.495 e. The Bertz CT molecular complexity index is 1430. The molecule has 5 rings (SSSR count). The van der Waals surface area contributed by atoms with Gasteiger partial charge in [-0.3, -0.25) is 9.59 Å². The van der Waals surface area contributed by atoms with Crippen LogP contribution in [0.4, 0.5) is 5.69 Å². The van der Waals surface area contributed by atoms with Gasteiger partial charge in [0.25, 0.3) is 11.8 Å². The number of hydrogen-bond acceptors (Lipinski definition) is 6. The van der Waals surface area contributed by atoms with Crippen LogP contribution in [0.15, 0.2) is 78.9 Å². The number of nitrogens with one attached hydrogen (secondary N) is 2. The van der Waals surface area contributed by atoms with Crippen LogP contribution in [-0.2, 0) is 11.3 Å². The summed E-state index contributed by atoms with van der Waals surface area (Å²) in [5.74, 6) is 1.48. The Morgan fingerprint density at radius 2 is 1.61 bits per heavy atom. The number of ether oxygens (including phenoxy) is 4. The minimum atomic E-state index is -0.374. The van der Waals surface area contributed by atoms with E-state index in [1.165, 1.54) is 7.11 Å². The number of anilines is 1. The van der Waals surface area contributed by atoms with Crippen LogP contribution in [-0.4, -0.2) is 32.3 Å². The molecular formula is C28H24N2O6. The monoisotopic (exact) mass is 484 g/mol. The summed E-state index contributed by atoms with van der Waals surface area (Å²) < 4.78 is 21.9. The van der Waals surface area contributed by atoms with E-state index in [2.05, 4.69) is 10.6 Å². The quantitative estimate of drug-likeness (QED) is 0.382. The molecule has 0 bridgehead atoms. The summed E-state index contributed by atoms with van der Waals surface area (Å²) in [5, 5.41) is 7.46. The van der Waals surface area contributed by atoms with Crippen LogP contribution in [0.5, 0.6) is 23.0 Å². The summed E-state index contributed by atoms with van der Waals surface area (Å²) >= 11 is 0. The first-order valence-electron chi connectivity index (χ1n) is 11.4. The van der Waals surface area contributed by atoms with E-state index in [9.17, 15) is 9.59 Å². The van der Waals surface area contributed by atoms with Gasteiger partial charge in [-0.05, 0) is 52.7 Å². The van der Waals surface area contributed by atoms with Crippen molar-refractivity contribution in [1.29, 1.82) is 0 Å². The number of carbonyl (C=O) groups is 2. The number of para-hydroxylation sites is 2. The molecule has 0 saturated heterocycles. The zero-order valence-corrected chi connectivity index (χ0v) is 19.6. The minimum absolute atomic E-state index is 0.192. The van der Waals surface area contributed by atoms with Crippen LogP contribution in [0.1, 0.15) is 15.9 Å². The molecule has 1 heterocycles. The van der Waals surface area contributed by atoms with Crippen molar-refractivity contribution in [3.8, 4) is 23.0 Å². The lowest BCUT2D eigenvalue weighted by Crippen LogP contribution is -2.28. The lowest BCUT2D eigenvalue weighted by atomic mass is 10.1. The SMILES string of the molecule is COc1ccccc1NC(=O)c1cc2ccccc2cc1OCC(=O)NCc1ccc2c(c1)OCO2. The van der Waals surface area contributed by atoms with Crippen molar-refractivity contribution >= 4 is 28.3 Å². The summed E-state index contributed by atoms with van der Waals surface area (Å²) in [6.45, 7) is 0.243. The number of hydrogen-bond donors (Lipinski definition) is 2. The molecule has 1 aliphatic heterocycles. The van der Waals surface area contributed by atoms with Gasteiger partial charge in [0, 0.05) is 6.54 Å². The maximum Gasteiger partial charge on any atom is 0.259 e. The lowest BCUT2D eigenvalue weighted by molar-refractivity contribution is -0.123. The molecule has 0 saturated carbocycles. The maximum absolute atomic E-state index is 13.2. The van der Waals surface area contributed by atoms with Crippen molar-refractivity contribution in [1.82, 2.24) is 5.32 Å². The molecule has 0 radical (unpaired) electrons. The molecule has 182 valence electrons. The van der Waals surface area contributed by atoms with E-state index in [4.69, 9.17) is 18.9 Å². The van der Waals surface area contributed by atoms with E-state index in [1.54, 1.807) is 30.3 Å². The molecule has 8 heteroatoms. The highest BCUT2D eigenvalue weighted by Crippen LogP contribution is 2.32. The Hall–Kier alpha value is -4.72. The largest absolute Gasteiger partial charge is 0.495 e. The fourth-order valence-electron chi connectivity index (χ4n) is 3.90. The average Bonchev–Trinajstić information content (AvgIpc) is 3.38. The van der Waals surface area contributed by atoms with E-state index in [1.807, 2.05) is 48.5 Å². The predicted octanol–water partition coefficient (Wildman–Crippen LogP) is 4.52. The zero-order valence-electron chi connectivity index (χ0n) is 19.6. The summed E-state index contributed by atoms with van der Waals surface area (Å²) in [5.41, 5.74) is 1.71. The molecular weight excluding hydrogens is 460 g/mol. The normalized spacial score (nSPS) is 11.7. The number of benzene rings is 4. The highest BCUT2D eigenvalue weighted by atomic mass is 16.7. The molecule has 0 spiro atoms. The highest BCUT2D eigenvalue weighted by molar-refractivity contribution is 6.09. The van der Waals surface area contributed by atoms with Gasteiger partial charge in [-0.25, -0.2) is 0 Å². The van der Waals surface area contributed by atoms with Crippen LogP contribution in [0.3, 0.4) is 0 Å². The van der Waals surface area contributed by atoms with Crippen molar-refractivity contribution in [3.63, 3.8) is 0 Å². The Kier molecular flexibility index (Phi) is 6.57. The second-order valence-corrected chi connectivity index (χ2v) is 8.10. The summed E-state index contributed by atoms with van der Waals surface area (Å²) in [7, 11) is 1.54. The number of carbonyl (C=O) groups excluding carboxylic acids is 2. The fourth-order valence-corrected chi connectivity index (χ4v) is 3.90. The third-order valence-electron chi connectivity index (χ3n) is 5.73. The topological polar surface area (TPSA) is 95.1 Å². The van der Waals surface area contributed by atoms with Crippen molar-refractivity contribution < 1.29 is 28.5 Å². The van der Waals surface area contributed by atoms with Gasteiger partial charge in [0.15, 0.2) is 18.1 Å². The average molecular weight is 485 g/mol. The molecule has 2 amide bonds.